The monoisotopic (exact) mass is 406 g/mol. The van der Waals surface area contributed by atoms with Crippen LogP contribution in [0.1, 0.15) is 54.5 Å². The lowest BCUT2D eigenvalue weighted by Gasteiger charge is -2.21. The molecule has 1 amide bonds. The van der Waals surface area contributed by atoms with Crippen molar-refractivity contribution >= 4 is 23.4 Å². The molecule has 0 aliphatic heterocycles. The third kappa shape index (κ3) is 3.97. The zero-order valence-electron chi connectivity index (χ0n) is 16.3. The summed E-state index contributed by atoms with van der Waals surface area (Å²) in [6.45, 7) is 0. The van der Waals surface area contributed by atoms with Gasteiger partial charge in [-0.2, -0.15) is 5.10 Å². The molecular formula is C20H22N8O2. The fourth-order valence-electron chi connectivity index (χ4n) is 3.50. The van der Waals surface area contributed by atoms with Gasteiger partial charge in [0.25, 0.3) is 5.91 Å². The Hall–Kier alpha value is -3.82. The summed E-state index contributed by atoms with van der Waals surface area (Å²) < 4.78 is 7.18. The SMILES string of the molecule is N=C/C(=C\N)c1nc(C(=O)Nc2cn(C3CCCCC3)nc2-c2cnccn2)co1. The molecule has 10 heteroatoms. The van der Waals surface area contributed by atoms with Crippen LogP contribution in [0.2, 0.25) is 0 Å². The molecule has 3 aromatic heterocycles. The second-order valence-corrected chi connectivity index (χ2v) is 7.01. The molecule has 3 heterocycles. The number of nitrogens with one attached hydrogen (secondary N) is 2. The molecular weight excluding hydrogens is 384 g/mol. The first-order valence-electron chi connectivity index (χ1n) is 9.74. The third-order valence-electron chi connectivity index (χ3n) is 5.05. The Morgan fingerprint density at radius 1 is 1.30 bits per heavy atom. The number of hydrogen-bond acceptors (Lipinski definition) is 8. The van der Waals surface area contributed by atoms with E-state index < -0.39 is 5.91 Å². The maximum absolute atomic E-state index is 12.8. The first-order chi connectivity index (χ1) is 14.7. The Balaban J connectivity index is 1.63. The van der Waals surface area contributed by atoms with Crippen LogP contribution in [0.15, 0.2) is 41.7 Å². The number of oxazole rings is 1. The van der Waals surface area contributed by atoms with Crippen molar-refractivity contribution < 1.29 is 9.21 Å². The number of nitrogens with zero attached hydrogens (tertiary/aromatic N) is 5. The topological polar surface area (TPSA) is 149 Å². The summed E-state index contributed by atoms with van der Waals surface area (Å²) in [6.07, 6.45) is 15.7. The van der Waals surface area contributed by atoms with Crippen molar-refractivity contribution in [2.24, 2.45) is 5.73 Å². The zero-order valence-corrected chi connectivity index (χ0v) is 16.3. The van der Waals surface area contributed by atoms with Crippen molar-refractivity contribution in [3.63, 3.8) is 0 Å². The number of carbonyl (C=O) groups is 1. The minimum Gasteiger partial charge on any atom is -0.444 e. The molecule has 1 saturated carbocycles. The van der Waals surface area contributed by atoms with Crippen LogP contribution >= 0.6 is 0 Å². The second kappa shape index (κ2) is 8.68. The highest BCUT2D eigenvalue weighted by Crippen LogP contribution is 2.32. The van der Waals surface area contributed by atoms with E-state index in [2.05, 4.69) is 20.3 Å². The van der Waals surface area contributed by atoms with Crippen LogP contribution in [0.5, 0.6) is 0 Å². The summed E-state index contributed by atoms with van der Waals surface area (Å²) in [4.78, 5) is 25.3. The van der Waals surface area contributed by atoms with Crippen LogP contribution < -0.4 is 11.1 Å². The van der Waals surface area contributed by atoms with Gasteiger partial charge in [-0.25, -0.2) is 4.98 Å². The normalized spacial score (nSPS) is 15.1. The Morgan fingerprint density at radius 3 is 2.83 bits per heavy atom. The summed E-state index contributed by atoms with van der Waals surface area (Å²) in [7, 11) is 0. The summed E-state index contributed by atoms with van der Waals surface area (Å²) in [5, 5.41) is 14.9. The first kappa shape index (κ1) is 19.5. The molecule has 4 N–H and O–H groups in total. The van der Waals surface area contributed by atoms with Gasteiger partial charge in [-0.1, -0.05) is 19.3 Å². The van der Waals surface area contributed by atoms with E-state index in [-0.39, 0.29) is 17.2 Å². The van der Waals surface area contributed by atoms with Crippen LogP contribution in [0.3, 0.4) is 0 Å². The molecule has 1 fully saturated rings. The van der Waals surface area contributed by atoms with Crippen molar-refractivity contribution in [3.8, 4) is 11.4 Å². The van der Waals surface area contributed by atoms with E-state index in [0.29, 0.717) is 23.1 Å². The number of amides is 1. The summed E-state index contributed by atoms with van der Waals surface area (Å²) >= 11 is 0. The molecule has 0 bridgehead atoms. The van der Waals surface area contributed by atoms with E-state index in [9.17, 15) is 4.79 Å². The average Bonchev–Trinajstić information content (AvgIpc) is 3.44. The van der Waals surface area contributed by atoms with Crippen LogP contribution in [0.4, 0.5) is 5.69 Å². The molecule has 10 nitrogen and oxygen atoms in total. The standard InChI is InChI=1S/C20H22N8O2/c21-8-13(9-22)20-26-17(12-30-20)19(29)25-16-11-28(14-4-2-1-3-5-14)27-18(16)15-10-23-6-7-24-15/h6-12,14,21H,1-5,22H2,(H,25,29)/b13-9+,21-8?. The lowest BCUT2D eigenvalue weighted by atomic mass is 9.96. The quantitative estimate of drug-likeness (QED) is 0.533. The molecule has 0 aromatic carbocycles. The fraction of sp³-hybridized carbons (Fsp3) is 0.300. The van der Waals surface area contributed by atoms with E-state index in [1.54, 1.807) is 18.6 Å². The molecule has 30 heavy (non-hydrogen) atoms. The molecule has 3 aromatic rings. The van der Waals surface area contributed by atoms with Gasteiger partial charge >= 0.3 is 0 Å². The molecule has 0 unspecified atom stereocenters. The average molecular weight is 406 g/mol. The Kier molecular flexibility index (Phi) is 5.64. The van der Waals surface area contributed by atoms with Crippen molar-refractivity contribution in [2.75, 3.05) is 5.32 Å². The van der Waals surface area contributed by atoms with Gasteiger partial charge in [-0.15, -0.1) is 0 Å². The van der Waals surface area contributed by atoms with Gasteiger partial charge in [0.15, 0.2) is 5.69 Å². The minimum absolute atomic E-state index is 0.0710. The molecule has 4 rings (SSSR count). The maximum atomic E-state index is 12.8. The van der Waals surface area contributed by atoms with Crippen LogP contribution in [-0.4, -0.2) is 36.9 Å². The maximum Gasteiger partial charge on any atom is 0.277 e. The van der Waals surface area contributed by atoms with E-state index in [1.807, 2.05) is 10.9 Å². The van der Waals surface area contributed by atoms with Crippen LogP contribution in [-0.2, 0) is 0 Å². The number of anilines is 1. The molecule has 0 spiro atoms. The minimum atomic E-state index is -0.459. The number of hydrogen-bond donors (Lipinski definition) is 3. The van der Waals surface area contributed by atoms with Gasteiger partial charge in [0.1, 0.15) is 17.7 Å². The Bertz CT molecular complexity index is 1060. The van der Waals surface area contributed by atoms with Gasteiger partial charge in [-0.05, 0) is 12.8 Å². The van der Waals surface area contributed by atoms with E-state index >= 15 is 0 Å². The molecule has 1 aliphatic rings. The number of nitrogens with two attached hydrogens (primary N) is 1. The van der Waals surface area contributed by atoms with E-state index in [1.165, 1.54) is 31.7 Å². The van der Waals surface area contributed by atoms with Crippen LogP contribution in [0, 0.1) is 5.41 Å². The number of allylic oxidation sites excluding steroid dienone is 1. The number of aromatic nitrogens is 5. The van der Waals surface area contributed by atoms with Crippen molar-refractivity contribution in [1.29, 1.82) is 5.41 Å². The largest absolute Gasteiger partial charge is 0.444 e. The Morgan fingerprint density at radius 2 is 2.13 bits per heavy atom. The van der Waals surface area contributed by atoms with Crippen LogP contribution in [0.25, 0.3) is 17.0 Å². The second-order valence-electron chi connectivity index (χ2n) is 7.01. The van der Waals surface area contributed by atoms with Crippen molar-refractivity contribution in [3.05, 3.63) is 48.8 Å². The highest BCUT2D eigenvalue weighted by molar-refractivity contribution is 6.07. The summed E-state index contributed by atoms with van der Waals surface area (Å²) in [5.41, 5.74) is 7.44. The Labute approximate surface area is 172 Å². The van der Waals surface area contributed by atoms with E-state index in [0.717, 1.165) is 19.1 Å². The predicted octanol–water partition coefficient (Wildman–Crippen LogP) is 3.03. The van der Waals surface area contributed by atoms with Gasteiger partial charge in [0.05, 0.1) is 23.5 Å². The van der Waals surface area contributed by atoms with E-state index in [4.69, 9.17) is 20.7 Å². The lowest BCUT2D eigenvalue weighted by Crippen LogP contribution is -2.14. The molecule has 0 saturated heterocycles. The predicted molar refractivity (Wildman–Crippen MR) is 111 cm³/mol. The first-order valence-corrected chi connectivity index (χ1v) is 9.74. The van der Waals surface area contributed by atoms with Gasteiger partial charge < -0.3 is 20.9 Å². The zero-order chi connectivity index (χ0) is 20.9. The lowest BCUT2D eigenvalue weighted by molar-refractivity contribution is 0.102. The molecule has 154 valence electrons. The highest BCUT2D eigenvalue weighted by Gasteiger charge is 2.22. The highest BCUT2D eigenvalue weighted by atomic mass is 16.3. The number of carbonyl (C=O) groups excluding carboxylic acids is 1. The molecule has 1 aliphatic carbocycles. The molecule has 0 radical (unpaired) electrons. The van der Waals surface area contributed by atoms with Gasteiger partial charge in [-0.3, -0.25) is 19.4 Å². The summed E-state index contributed by atoms with van der Waals surface area (Å²) in [5.74, 6) is -0.357. The third-order valence-corrected chi connectivity index (χ3v) is 5.05. The summed E-state index contributed by atoms with van der Waals surface area (Å²) in [6, 6.07) is 0.295. The fourth-order valence-corrected chi connectivity index (χ4v) is 3.50. The van der Waals surface area contributed by atoms with Crippen molar-refractivity contribution in [2.45, 2.75) is 38.1 Å². The van der Waals surface area contributed by atoms with Gasteiger partial charge in [0.2, 0.25) is 5.89 Å². The smallest absolute Gasteiger partial charge is 0.277 e. The van der Waals surface area contributed by atoms with Crippen molar-refractivity contribution in [1.82, 2.24) is 24.7 Å². The molecule has 0 atom stereocenters. The van der Waals surface area contributed by atoms with Gasteiger partial charge in [0, 0.05) is 31.0 Å². The number of rotatable bonds is 6.